The fraction of sp³-hybridized carbons (Fsp3) is 0.450. The van der Waals surface area contributed by atoms with Crippen molar-refractivity contribution in [3.8, 4) is 0 Å². The van der Waals surface area contributed by atoms with Gasteiger partial charge in [0.15, 0.2) is 0 Å². The van der Waals surface area contributed by atoms with Gasteiger partial charge in [-0.3, -0.25) is 14.6 Å². The average molecular weight is 374 g/mol. The molecule has 0 aliphatic carbocycles. The summed E-state index contributed by atoms with van der Waals surface area (Å²) in [6.07, 6.45) is 0.808. The van der Waals surface area contributed by atoms with Crippen LogP contribution >= 0.6 is 11.3 Å². The molecule has 0 unspecified atom stereocenters. The van der Waals surface area contributed by atoms with Crippen molar-refractivity contribution in [1.29, 1.82) is 0 Å². The number of carbonyl (C=O) groups excluding carboxylic acids is 1. The largest absolute Gasteiger partial charge is 0.396 e. The first kappa shape index (κ1) is 19.0. The quantitative estimate of drug-likeness (QED) is 0.784. The number of aliphatic hydroxyl groups is 1. The number of anilines is 1. The van der Waals surface area contributed by atoms with Crippen molar-refractivity contribution >= 4 is 22.9 Å². The summed E-state index contributed by atoms with van der Waals surface area (Å²) in [5.74, 6) is -0.0497. The maximum absolute atomic E-state index is 11.1. The number of benzene rings is 1. The second-order valence-electron chi connectivity index (χ2n) is 6.88. The van der Waals surface area contributed by atoms with E-state index >= 15 is 0 Å². The molecule has 0 bridgehead atoms. The molecule has 140 valence electrons. The first-order valence-electron chi connectivity index (χ1n) is 9.09. The molecule has 1 fully saturated rings. The molecule has 1 saturated heterocycles. The van der Waals surface area contributed by atoms with Crippen LogP contribution in [0, 0.1) is 0 Å². The van der Waals surface area contributed by atoms with E-state index in [-0.39, 0.29) is 12.5 Å². The van der Waals surface area contributed by atoms with E-state index in [2.05, 4.69) is 44.1 Å². The molecule has 1 aromatic heterocycles. The number of nitrogens with zero attached hydrogens (tertiary/aromatic N) is 2. The van der Waals surface area contributed by atoms with Crippen molar-refractivity contribution < 1.29 is 9.90 Å². The minimum atomic E-state index is -0.0497. The third-order valence-electron chi connectivity index (χ3n) is 4.80. The highest BCUT2D eigenvalue weighted by Crippen LogP contribution is 2.20. The first-order chi connectivity index (χ1) is 12.6. The number of hydrogen-bond donors (Lipinski definition) is 2. The average Bonchev–Trinajstić information content (AvgIpc) is 3.12. The van der Waals surface area contributed by atoms with Gasteiger partial charge in [-0.1, -0.05) is 12.1 Å². The molecule has 1 aliphatic rings. The number of rotatable bonds is 7. The molecular formula is C20H27N3O2S. The minimum absolute atomic E-state index is 0.0497. The molecule has 0 saturated carbocycles. The molecule has 0 radical (unpaired) electrons. The molecule has 26 heavy (non-hydrogen) atoms. The van der Waals surface area contributed by atoms with Gasteiger partial charge in [0, 0.05) is 58.0 Å². The maximum Gasteiger partial charge on any atom is 0.221 e. The van der Waals surface area contributed by atoms with Crippen LogP contribution in [0.3, 0.4) is 0 Å². The highest BCUT2D eigenvalue weighted by atomic mass is 32.1. The lowest BCUT2D eigenvalue weighted by atomic mass is 10.1. The summed E-state index contributed by atoms with van der Waals surface area (Å²) in [7, 11) is 0. The summed E-state index contributed by atoms with van der Waals surface area (Å²) in [6.45, 7) is 6.62. The Kier molecular flexibility index (Phi) is 6.80. The van der Waals surface area contributed by atoms with Crippen LogP contribution in [0.2, 0.25) is 0 Å². The third kappa shape index (κ3) is 5.38. The summed E-state index contributed by atoms with van der Waals surface area (Å²) in [5.41, 5.74) is 3.44. The Morgan fingerprint density at radius 1 is 1.19 bits per heavy atom. The second-order valence-corrected chi connectivity index (χ2v) is 7.66. The molecule has 2 N–H and O–H groups in total. The fourth-order valence-corrected chi connectivity index (χ4v) is 4.16. The summed E-state index contributed by atoms with van der Waals surface area (Å²) in [4.78, 5) is 16.1. The van der Waals surface area contributed by atoms with E-state index in [9.17, 15) is 9.90 Å². The maximum atomic E-state index is 11.1. The van der Waals surface area contributed by atoms with Crippen LogP contribution in [0.1, 0.15) is 24.5 Å². The zero-order valence-corrected chi connectivity index (χ0v) is 16.0. The van der Waals surface area contributed by atoms with Crippen LogP contribution in [0.15, 0.2) is 41.1 Å². The van der Waals surface area contributed by atoms with Gasteiger partial charge in [0.25, 0.3) is 0 Å². The van der Waals surface area contributed by atoms with Gasteiger partial charge < -0.3 is 10.4 Å². The summed E-state index contributed by atoms with van der Waals surface area (Å²) in [6, 6.07) is 10.6. The lowest BCUT2D eigenvalue weighted by Crippen LogP contribution is -2.52. The normalized spacial score (nSPS) is 18.8. The lowest BCUT2D eigenvalue weighted by Gasteiger charge is -2.41. The van der Waals surface area contributed by atoms with Gasteiger partial charge >= 0.3 is 0 Å². The van der Waals surface area contributed by atoms with E-state index in [1.165, 1.54) is 18.1 Å². The number of thiophene rings is 1. The molecule has 3 rings (SSSR count). The molecule has 2 heterocycles. The van der Waals surface area contributed by atoms with Crippen molar-refractivity contribution in [2.45, 2.75) is 32.5 Å². The molecule has 1 amide bonds. The Balaban J connectivity index is 1.57. The summed E-state index contributed by atoms with van der Waals surface area (Å²) in [5, 5.41) is 16.6. The molecule has 1 aliphatic heterocycles. The predicted molar refractivity (Wildman–Crippen MR) is 106 cm³/mol. The zero-order chi connectivity index (χ0) is 18.4. The van der Waals surface area contributed by atoms with Crippen molar-refractivity contribution in [2.75, 3.05) is 31.6 Å². The van der Waals surface area contributed by atoms with E-state index in [4.69, 9.17) is 0 Å². The smallest absolute Gasteiger partial charge is 0.221 e. The van der Waals surface area contributed by atoms with E-state index in [0.717, 1.165) is 44.8 Å². The van der Waals surface area contributed by atoms with Gasteiger partial charge in [0.1, 0.15) is 0 Å². The molecule has 6 heteroatoms. The van der Waals surface area contributed by atoms with Crippen LogP contribution < -0.4 is 5.32 Å². The number of hydrogen-bond acceptors (Lipinski definition) is 5. The Bertz CT molecular complexity index is 688. The van der Waals surface area contributed by atoms with Crippen molar-refractivity contribution in [1.82, 2.24) is 9.80 Å². The number of aliphatic hydroxyl groups excluding tert-OH is 1. The van der Waals surface area contributed by atoms with Gasteiger partial charge in [0.2, 0.25) is 5.91 Å². The second kappa shape index (κ2) is 9.28. The van der Waals surface area contributed by atoms with Crippen LogP contribution in [0.25, 0.3) is 0 Å². The minimum Gasteiger partial charge on any atom is -0.396 e. The van der Waals surface area contributed by atoms with Crippen LogP contribution in [-0.2, 0) is 17.9 Å². The van der Waals surface area contributed by atoms with Crippen LogP contribution in [0.5, 0.6) is 0 Å². The summed E-state index contributed by atoms with van der Waals surface area (Å²) < 4.78 is 0. The Labute approximate surface area is 159 Å². The van der Waals surface area contributed by atoms with Gasteiger partial charge in [0.05, 0.1) is 0 Å². The predicted octanol–water partition coefficient (Wildman–Crippen LogP) is 2.78. The molecule has 1 aromatic carbocycles. The van der Waals surface area contributed by atoms with Gasteiger partial charge in [-0.25, -0.2) is 0 Å². The van der Waals surface area contributed by atoms with E-state index in [1.54, 1.807) is 11.3 Å². The Morgan fingerprint density at radius 3 is 2.65 bits per heavy atom. The van der Waals surface area contributed by atoms with Crippen molar-refractivity contribution in [3.05, 3.63) is 52.2 Å². The highest BCUT2D eigenvalue weighted by Gasteiger charge is 2.26. The van der Waals surface area contributed by atoms with Gasteiger partial charge in [-0.15, -0.1) is 0 Å². The Morgan fingerprint density at radius 2 is 2.00 bits per heavy atom. The van der Waals surface area contributed by atoms with Gasteiger partial charge in [-0.05, 0) is 46.5 Å². The molecule has 5 nitrogen and oxygen atoms in total. The molecule has 1 atom stereocenters. The number of amides is 1. The lowest BCUT2D eigenvalue weighted by molar-refractivity contribution is -0.114. The fourth-order valence-electron chi connectivity index (χ4n) is 3.50. The first-order valence-corrected chi connectivity index (χ1v) is 10.0. The SMILES string of the molecule is CC(=O)Nc1ccc(CN2CCN(Cc3ccsc3)[C@@H](CCO)C2)cc1. The monoisotopic (exact) mass is 373 g/mol. The zero-order valence-electron chi connectivity index (χ0n) is 15.2. The van der Waals surface area contributed by atoms with E-state index in [0.29, 0.717) is 6.04 Å². The molecule has 0 spiro atoms. The number of carbonyl (C=O) groups is 1. The third-order valence-corrected chi connectivity index (χ3v) is 5.53. The van der Waals surface area contributed by atoms with E-state index < -0.39 is 0 Å². The number of nitrogens with one attached hydrogen (secondary N) is 1. The summed E-state index contributed by atoms with van der Waals surface area (Å²) >= 11 is 1.74. The van der Waals surface area contributed by atoms with Crippen LogP contribution in [-0.4, -0.2) is 53.1 Å². The highest BCUT2D eigenvalue weighted by molar-refractivity contribution is 7.07. The topological polar surface area (TPSA) is 55.8 Å². The van der Waals surface area contributed by atoms with Gasteiger partial charge in [-0.2, -0.15) is 11.3 Å². The number of piperazine rings is 1. The standard InChI is InChI=1S/C20H27N3O2S/c1-16(25)21-19-4-2-17(3-5-19)12-22-8-9-23(20(14-22)6-10-24)13-18-7-11-26-15-18/h2-5,7,11,15,20,24H,6,8-10,12-14H2,1H3,(H,21,25)/t20-/m0/s1. The molecular weight excluding hydrogens is 346 g/mol. The Hall–Kier alpha value is -1.73. The van der Waals surface area contributed by atoms with Crippen molar-refractivity contribution in [3.63, 3.8) is 0 Å². The molecule has 2 aromatic rings. The van der Waals surface area contributed by atoms with Crippen molar-refractivity contribution in [2.24, 2.45) is 0 Å². The van der Waals surface area contributed by atoms with Crippen LogP contribution in [0.4, 0.5) is 5.69 Å². The van der Waals surface area contributed by atoms with E-state index in [1.807, 2.05) is 12.1 Å².